The van der Waals surface area contributed by atoms with Crippen molar-refractivity contribution in [3.63, 3.8) is 0 Å². The highest BCUT2D eigenvalue weighted by atomic mass is 32.2. The van der Waals surface area contributed by atoms with Gasteiger partial charge in [-0.25, -0.2) is 0 Å². The van der Waals surface area contributed by atoms with Gasteiger partial charge in [-0.3, -0.25) is 14.7 Å². The summed E-state index contributed by atoms with van der Waals surface area (Å²) in [6, 6.07) is 0.445. The monoisotopic (exact) mass is 397 g/mol. The Bertz CT molecular complexity index is 512. The Morgan fingerprint density at radius 3 is 2.52 bits per heavy atom. The number of piperazine rings is 1. The highest BCUT2D eigenvalue weighted by molar-refractivity contribution is 8.00. The van der Waals surface area contributed by atoms with E-state index in [1.165, 1.54) is 0 Å². The van der Waals surface area contributed by atoms with E-state index in [1.807, 2.05) is 11.8 Å². The summed E-state index contributed by atoms with van der Waals surface area (Å²) in [6.45, 7) is 9.68. The Balaban J connectivity index is 1.50. The molecule has 7 nitrogen and oxygen atoms in total. The summed E-state index contributed by atoms with van der Waals surface area (Å²) in [7, 11) is 0. The van der Waals surface area contributed by atoms with Crippen molar-refractivity contribution in [3.8, 4) is 0 Å². The number of nitrogens with one attached hydrogen (secondary N) is 2. The third-order valence-corrected chi connectivity index (χ3v) is 7.07. The first-order chi connectivity index (χ1) is 13.1. The van der Waals surface area contributed by atoms with Gasteiger partial charge in [0.1, 0.15) is 0 Å². The lowest BCUT2D eigenvalue weighted by atomic mass is 9.99. The predicted molar refractivity (Wildman–Crippen MR) is 111 cm³/mol. The highest BCUT2D eigenvalue weighted by Gasteiger charge is 2.32. The van der Waals surface area contributed by atoms with Gasteiger partial charge in [0, 0.05) is 56.7 Å². The minimum atomic E-state index is 0.174. The summed E-state index contributed by atoms with van der Waals surface area (Å²) >= 11 is 1.93. The van der Waals surface area contributed by atoms with Crippen molar-refractivity contribution in [2.24, 2.45) is 4.99 Å². The number of aliphatic imine (C=N–C) groups is 1. The van der Waals surface area contributed by atoms with E-state index in [0.717, 1.165) is 84.1 Å². The standard InChI is InChI=1S/C19H35N5O2S/c1-3-20-18(21-15-19(27-2)6-12-26-13-7-19)24-10-8-23(9-11-24)14-17(25)22-16-4-5-16/h16H,3-15H2,1-2H3,(H,20,21)(H,22,25). The average molecular weight is 398 g/mol. The number of hydrogen-bond acceptors (Lipinski definition) is 5. The number of hydrogen-bond donors (Lipinski definition) is 2. The fourth-order valence-electron chi connectivity index (χ4n) is 3.64. The van der Waals surface area contributed by atoms with Gasteiger partial charge in [0.05, 0.1) is 13.1 Å². The minimum absolute atomic E-state index is 0.174. The second-order valence-corrected chi connectivity index (χ2v) is 9.05. The number of carbonyl (C=O) groups excluding carboxylic acids is 1. The molecule has 0 aromatic heterocycles. The molecule has 3 fully saturated rings. The van der Waals surface area contributed by atoms with Gasteiger partial charge in [-0.1, -0.05) is 0 Å². The molecule has 0 unspecified atom stereocenters. The molecule has 0 bridgehead atoms. The van der Waals surface area contributed by atoms with E-state index >= 15 is 0 Å². The minimum Gasteiger partial charge on any atom is -0.381 e. The van der Waals surface area contributed by atoms with Gasteiger partial charge in [-0.05, 0) is 38.9 Å². The molecular weight excluding hydrogens is 362 g/mol. The number of rotatable bonds is 7. The molecule has 1 amide bonds. The molecule has 2 N–H and O–H groups in total. The fourth-order valence-corrected chi connectivity index (χ4v) is 4.41. The Morgan fingerprint density at radius 1 is 1.22 bits per heavy atom. The number of thioether (sulfide) groups is 1. The first kappa shape index (κ1) is 20.7. The maximum Gasteiger partial charge on any atom is 0.234 e. The van der Waals surface area contributed by atoms with Crippen molar-refractivity contribution < 1.29 is 9.53 Å². The van der Waals surface area contributed by atoms with Gasteiger partial charge < -0.3 is 20.3 Å². The van der Waals surface area contributed by atoms with Crippen LogP contribution in [0, 0.1) is 0 Å². The molecule has 0 aromatic rings. The number of guanidine groups is 1. The van der Waals surface area contributed by atoms with Gasteiger partial charge >= 0.3 is 0 Å². The van der Waals surface area contributed by atoms with Crippen LogP contribution in [0.1, 0.15) is 32.6 Å². The summed E-state index contributed by atoms with van der Waals surface area (Å²) in [6.07, 6.45) is 6.62. The first-order valence-corrected chi connectivity index (χ1v) is 11.5. The normalized spacial score (nSPS) is 23.9. The maximum atomic E-state index is 12.0. The van der Waals surface area contributed by atoms with Crippen LogP contribution in [0.5, 0.6) is 0 Å². The maximum absolute atomic E-state index is 12.0. The Hall–Kier alpha value is -0.990. The number of ether oxygens (including phenoxy) is 1. The third-order valence-electron chi connectivity index (χ3n) is 5.67. The first-order valence-electron chi connectivity index (χ1n) is 10.3. The van der Waals surface area contributed by atoms with Crippen molar-refractivity contribution in [3.05, 3.63) is 0 Å². The van der Waals surface area contributed by atoms with E-state index in [9.17, 15) is 4.79 Å². The number of amides is 1. The van der Waals surface area contributed by atoms with Crippen molar-refractivity contribution in [1.29, 1.82) is 0 Å². The lowest BCUT2D eigenvalue weighted by Crippen LogP contribution is -2.54. The summed E-state index contributed by atoms with van der Waals surface area (Å²) in [5, 5.41) is 6.54. The van der Waals surface area contributed by atoms with E-state index in [1.54, 1.807) is 0 Å². The van der Waals surface area contributed by atoms with Crippen LogP contribution in [0.3, 0.4) is 0 Å². The SMILES string of the molecule is CCNC(=NCC1(SC)CCOCC1)N1CCN(CC(=O)NC2CC2)CC1. The molecule has 0 aromatic carbocycles. The van der Waals surface area contributed by atoms with Gasteiger partial charge in [-0.15, -0.1) is 0 Å². The summed E-state index contributed by atoms with van der Waals surface area (Å²) in [5.41, 5.74) is 0. The van der Waals surface area contributed by atoms with Gasteiger partial charge in [0.25, 0.3) is 0 Å². The quantitative estimate of drug-likeness (QED) is 0.488. The van der Waals surface area contributed by atoms with Crippen LogP contribution < -0.4 is 10.6 Å². The zero-order valence-electron chi connectivity index (χ0n) is 16.8. The van der Waals surface area contributed by atoms with Gasteiger partial charge in [0.15, 0.2) is 5.96 Å². The zero-order valence-corrected chi connectivity index (χ0v) is 17.7. The summed E-state index contributed by atoms with van der Waals surface area (Å²) in [4.78, 5) is 21.6. The number of carbonyl (C=O) groups is 1. The van der Waals surface area contributed by atoms with Crippen LogP contribution in [0.15, 0.2) is 4.99 Å². The van der Waals surface area contributed by atoms with Gasteiger partial charge in [-0.2, -0.15) is 11.8 Å². The molecule has 3 aliphatic rings. The second kappa shape index (κ2) is 9.98. The van der Waals surface area contributed by atoms with Crippen LogP contribution in [0.4, 0.5) is 0 Å². The molecule has 1 aliphatic carbocycles. The second-order valence-electron chi connectivity index (χ2n) is 7.77. The topological polar surface area (TPSA) is 69.2 Å². The van der Waals surface area contributed by atoms with Crippen molar-refractivity contribution in [2.75, 3.05) is 65.3 Å². The van der Waals surface area contributed by atoms with E-state index in [2.05, 4.69) is 33.6 Å². The third kappa shape index (κ3) is 6.26. The molecule has 27 heavy (non-hydrogen) atoms. The molecule has 154 valence electrons. The fraction of sp³-hybridized carbons (Fsp3) is 0.895. The van der Waals surface area contributed by atoms with E-state index in [-0.39, 0.29) is 10.7 Å². The number of nitrogens with zero attached hydrogens (tertiary/aromatic N) is 3. The summed E-state index contributed by atoms with van der Waals surface area (Å²) in [5.74, 6) is 1.19. The molecular formula is C19H35N5O2S. The van der Waals surface area contributed by atoms with Gasteiger partial charge in [0.2, 0.25) is 5.91 Å². The molecule has 2 aliphatic heterocycles. The molecule has 1 saturated carbocycles. The van der Waals surface area contributed by atoms with E-state index in [4.69, 9.17) is 9.73 Å². The van der Waals surface area contributed by atoms with Crippen LogP contribution in [0.25, 0.3) is 0 Å². The van der Waals surface area contributed by atoms with Crippen LogP contribution in [-0.4, -0.2) is 97.7 Å². The van der Waals surface area contributed by atoms with Crippen LogP contribution >= 0.6 is 11.8 Å². The lowest BCUT2D eigenvalue weighted by molar-refractivity contribution is -0.122. The lowest BCUT2D eigenvalue weighted by Gasteiger charge is -2.38. The molecule has 0 spiro atoms. The smallest absolute Gasteiger partial charge is 0.234 e. The Kier molecular flexibility index (Phi) is 7.66. The molecule has 2 saturated heterocycles. The molecule has 0 atom stereocenters. The van der Waals surface area contributed by atoms with E-state index < -0.39 is 0 Å². The molecule has 2 heterocycles. The molecule has 3 rings (SSSR count). The van der Waals surface area contributed by atoms with Crippen LogP contribution in [0.2, 0.25) is 0 Å². The predicted octanol–water partition coefficient (Wildman–Crippen LogP) is 0.760. The summed E-state index contributed by atoms with van der Waals surface area (Å²) < 4.78 is 5.75. The average Bonchev–Trinajstić information content (AvgIpc) is 3.50. The Morgan fingerprint density at radius 2 is 1.93 bits per heavy atom. The largest absolute Gasteiger partial charge is 0.381 e. The highest BCUT2D eigenvalue weighted by Crippen LogP contribution is 2.34. The van der Waals surface area contributed by atoms with E-state index in [0.29, 0.717) is 12.6 Å². The van der Waals surface area contributed by atoms with Crippen molar-refractivity contribution >= 4 is 23.6 Å². The van der Waals surface area contributed by atoms with Crippen molar-refractivity contribution in [1.82, 2.24) is 20.4 Å². The van der Waals surface area contributed by atoms with Crippen molar-refractivity contribution in [2.45, 2.75) is 43.4 Å². The van der Waals surface area contributed by atoms with Crippen LogP contribution in [-0.2, 0) is 9.53 Å². The molecule has 8 heteroatoms. The zero-order chi connectivity index (χ0) is 19.1. The Labute approximate surface area is 167 Å². The molecule has 0 radical (unpaired) electrons.